The molecule has 0 nitrogen and oxygen atoms in total. The topological polar surface area (TPSA) is 0 Å². The zero-order valence-electron chi connectivity index (χ0n) is 6.57. The standard InChI is InChI=1S/C9H10F2/c1-6-3-4-8(7(2)10)5-9(6)11/h3-5,7H,1-2H3. The molecule has 1 aromatic carbocycles. The van der Waals surface area contributed by atoms with E-state index in [-0.39, 0.29) is 5.82 Å². The summed E-state index contributed by atoms with van der Waals surface area (Å²) in [6.07, 6.45) is -1.09. The highest BCUT2D eigenvalue weighted by Crippen LogP contribution is 2.18. The van der Waals surface area contributed by atoms with E-state index in [0.717, 1.165) is 0 Å². The maximum Gasteiger partial charge on any atom is 0.126 e. The fourth-order valence-corrected chi connectivity index (χ4v) is 0.857. The van der Waals surface area contributed by atoms with E-state index in [4.69, 9.17) is 0 Å². The lowest BCUT2D eigenvalue weighted by Crippen LogP contribution is -1.88. The Morgan fingerprint density at radius 2 is 2.00 bits per heavy atom. The van der Waals surface area contributed by atoms with E-state index in [9.17, 15) is 8.78 Å². The van der Waals surface area contributed by atoms with Gasteiger partial charge >= 0.3 is 0 Å². The number of aryl methyl sites for hydroxylation is 1. The molecule has 0 aromatic heterocycles. The van der Waals surface area contributed by atoms with Gasteiger partial charge in [0.2, 0.25) is 0 Å². The minimum Gasteiger partial charge on any atom is -0.243 e. The van der Waals surface area contributed by atoms with Crippen LogP contribution in [0.2, 0.25) is 0 Å². The van der Waals surface area contributed by atoms with Crippen LogP contribution in [0, 0.1) is 12.7 Å². The van der Waals surface area contributed by atoms with Crippen molar-refractivity contribution >= 4 is 0 Å². The molecule has 0 N–H and O–H groups in total. The molecule has 0 bridgehead atoms. The maximum atomic E-state index is 12.8. The molecule has 0 fully saturated rings. The molecule has 2 heteroatoms. The number of alkyl halides is 1. The van der Waals surface area contributed by atoms with Crippen LogP contribution in [0.4, 0.5) is 8.78 Å². The van der Waals surface area contributed by atoms with Crippen molar-refractivity contribution in [1.29, 1.82) is 0 Å². The van der Waals surface area contributed by atoms with Crippen LogP contribution in [0.5, 0.6) is 0 Å². The molecule has 1 unspecified atom stereocenters. The van der Waals surface area contributed by atoms with E-state index < -0.39 is 6.17 Å². The van der Waals surface area contributed by atoms with Gasteiger partial charge in [-0.1, -0.05) is 12.1 Å². The maximum absolute atomic E-state index is 12.8. The lowest BCUT2D eigenvalue weighted by Gasteiger charge is -2.02. The number of rotatable bonds is 1. The Hall–Kier alpha value is -0.920. The SMILES string of the molecule is Cc1ccc(C(C)F)cc1F. The van der Waals surface area contributed by atoms with Gasteiger partial charge in [-0.25, -0.2) is 8.78 Å². The molecular weight excluding hydrogens is 146 g/mol. The van der Waals surface area contributed by atoms with E-state index in [1.807, 2.05) is 0 Å². The van der Waals surface area contributed by atoms with E-state index in [1.54, 1.807) is 19.1 Å². The Morgan fingerprint density at radius 3 is 2.45 bits per heavy atom. The fraction of sp³-hybridized carbons (Fsp3) is 0.333. The second kappa shape index (κ2) is 2.99. The number of benzene rings is 1. The van der Waals surface area contributed by atoms with Crippen LogP contribution >= 0.6 is 0 Å². The normalized spacial score (nSPS) is 13.1. The van der Waals surface area contributed by atoms with E-state index in [0.29, 0.717) is 11.1 Å². The second-order valence-corrected chi connectivity index (χ2v) is 2.62. The van der Waals surface area contributed by atoms with Crippen LogP contribution in [0.1, 0.15) is 24.2 Å². The van der Waals surface area contributed by atoms with Gasteiger partial charge in [-0.15, -0.1) is 0 Å². The molecule has 0 radical (unpaired) electrons. The zero-order chi connectivity index (χ0) is 8.43. The molecule has 0 saturated heterocycles. The van der Waals surface area contributed by atoms with E-state index in [2.05, 4.69) is 0 Å². The third-order valence-corrected chi connectivity index (χ3v) is 1.66. The van der Waals surface area contributed by atoms with Gasteiger partial charge in [0.1, 0.15) is 12.0 Å². The zero-order valence-corrected chi connectivity index (χ0v) is 6.57. The number of hydrogen-bond acceptors (Lipinski definition) is 0. The minimum absolute atomic E-state index is 0.341. The Balaban J connectivity index is 3.05. The van der Waals surface area contributed by atoms with Gasteiger partial charge in [0.25, 0.3) is 0 Å². The van der Waals surface area contributed by atoms with Gasteiger partial charge in [0.15, 0.2) is 0 Å². The van der Waals surface area contributed by atoms with Gasteiger partial charge in [-0.05, 0) is 31.0 Å². The molecule has 0 aliphatic heterocycles. The first-order chi connectivity index (χ1) is 5.11. The van der Waals surface area contributed by atoms with E-state index >= 15 is 0 Å². The molecule has 0 aliphatic carbocycles. The lowest BCUT2D eigenvalue weighted by molar-refractivity contribution is 0.372. The van der Waals surface area contributed by atoms with Crippen molar-refractivity contribution < 1.29 is 8.78 Å². The first kappa shape index (κ1) is 8.18. The summed E-state index contributed by atoms with van der Waals surface area (Å²) in [7, 11) is 0. The van der Waals surface area contributed by atoms with Crippen molar-refractivity contribution in [2.75, 3.05) is 0 Å². The van der Waals surface area contributed by atoms with Crippen LogP contribution in [0.25, 0.3) is 0 Å². The Bertz CT molecular complexity index is 254. The molecular formula is C9H10F2. The average molecular weight is 156 g/mol. The summed E-state index contributed by atoms with van der Waals surface area (Å²) < 4.78 is 25.4. The summed E-state index contributed by atoms with van der Waals surface area (Å²) in [4.78, 5) is 0. The van der Waals surface area contributed by atoms with Crippen molar-refractivity contribution in [2.45, 2.75) is 20.0 Å². The third kappa shape index (κ3) is 1.76. The van der Waals surface area contributed by atoms with Crippen LogP contribution in [0.3, 0.4) is 0 Å². The summed E-state index contributed by atoms with van der Waals surface area (Å²) in [5.74, 6) is -0.341. The summed E-state index contributed by atoms with van der Waals surface area (Å²) >= 11 is 0. The van der Waals surface area contributed by atoms with Gasteiger partial charge in [0, 0.05) is 0 Å². The summed E-state index contributed by atoms with van der Waals surface area (Å²) in [5, 5.41) is 0. The summed E-state index contributed by atoms with van der Waals surface area (Å²) in [5.41, 5.74) is 0.947. The highest BCUT2D eigenvalue weighted by Gasteiger charge is 2.04. The molecule has 0 spiro atoms. The highest BCUT2D eigenvalue weighted by atomic mass is 19.1. The molecule has 0 heterocycles. The summed E-state index contributed by atoms with van der Waals surface area (Å²) in [6.45, 7) is 3.05. The molecule has 0 amide bonds. The monoisotopic (exact) mass is 156 g/mol. The van der Waals surface area contributed by atoms with Crippen LogP contribution in [-0.2, 0) is 0 Å². The molecule has 11 heavy (non-hydrogen) atoms. The lowest BCUT2D eigenvalue weighted by atomic mass is 10.1. The molecule has 1 aromatic rings. The Morgan fingerprint density at radius 1 is 1.36 bits per heavy atom. The largest absolute Gasteiger partial charge is 0.243 e. The van der Waals surface area contributed by atoms with Crippen LogP contribution in [-0.4, -0.2) is 0 Å². The first-order valence-corrected chi connectivity index (χ1v) is 3.51. The Labute approximate surface area is 64.9 Å². The average Bonchev–Trinajstić information content (AvgIpc) is 1.94. The number of halogens is 2. The van der Waals surface area contributed by atoms with Crippen molar-refractivity contribution in [3.05, 3.63) is 35.1 Å². The first-order valence-electron chi connectivity index (χ1n) is 3.51. The van der Waals surface area contributed by atoms with E-state index in [1.165, 1.54) is 13.0 Å². The van der Waals surface area contributed by atoms with Crippen LogP contribution in [0.15, 0.2) is 18.2 Å². The molecule has 1 atom stereocenters. The van der Waals surface area contributed by atoms with Crippen molar-refractivity contribution in [2.24, 2.45) is 0 Å². The van der Waals surface area contributed by atoms with Gasteiger partial charge in [-0.2, -0.15) is 0 Å². The number of hydrogen-bond donors (Lipinski definition) is 0. The van der Waals surface area contributed by atoms with Gasteiger partial charge in [0.05, 0.1) is 0 Å². The van der Waals surface area contributed by atoms with Crippen molar-refractivity contribution in [1.82, 2.24) is 0 Å². The minimum atomic E-state index is -1.09. The Kier molecular flexibility index (Phi) is 2.22. The molecule has 60 valence electrons. The van der Waals surface area contributed by atoms with Gasteiger partial charge in [-0.3, -0.25) is 0 Å². The summed E-state index contributed by atoms with van der Waals surface area (Å²) in [6, 6.07) is 4.42. The van der Waals surface area contributed by atoms with Crippen LogP contribution < -0.4 is 0 Å². The molecule has 0 saturated carbocycles. The fourth-order valence-electron chi connectivity index (χ4n) is 0.857. The smallest absolute Gasteiger partial charge is 0.126 e. The van der Waals surface area contributed by atoms with Crippen molar-refractivity contribution in [3.63, 3.8) is 0 Å². The second-order valence-electron chi connectivity index (χ2n) is 2.62. The highest BCUT2D eigenvalue weighted by molar-refractivity contribution is 5.24. The molecule has 1 rings (SSSR count). The quantitative estimate of drug-likeness (QED) is 0.585. The third-order valence-electron chi connectivity index (χ3n) is 1.66. The predicted octanol–water partition coefficient (Wildman–Crippen LogP) is 3.16. The van der Waals surface area contributed by atoms with Gasteiger partial charge < -0.3 is 0 Å². The van der Waals surface area contributed by atoms with Crippen molar-refractivity contribution in [3.8, 4) is 0 Å². The predicted molar refractivity (Wildman–Crippen MR) is 40.7 cm³/mol. The molecule has 0 aliphatic rings.